The summed E-state index contributed by atoms with van der Waals surface area (Å²) in [6, 6.07) is 12.1. The molecule has 1 aliphatic rings. The molecule has 0 spiro atoms. The van der Waals surface area contributed by atoms with Gasteiger partial charge in [0, 0.05) is 25.0 Å². The molecule has 1 unspecified atom stereocenters. The maximum absolute atomic E-state index is 12.8. The molecule has 116 valence electrons. The van der Waals surface area contributed by atoms with Gasteiger partial charge in [0.25, 0.3) is 5.91 Å². The summed E-state index contributed by atoms with van der Waals surface area (Å²) >= 11 is 0. The molecule has 1 atom stereocenters. The minimum absolute atomic E-state index is 0.0379. The number of carbonyl (C=O) groups is 1. The SMILES string of the molecule is Cc1cc(C(=O)N2CCOC(c3ccccc3)C2)c(C)n1C. The standard InChI is InChI=1S/C18H22N2O2/c1-13-11-16(14(2)19(13)3)18(21)20-9-10-22-17(12-20)15-7-5-4-6-8-15/h4-8,11,17H,9-10,12H2,1-3H3. The second kappa shape index (κ2) is 5.97. The number of morpholine rings is 1. The van der Waals surface area contributed by atoms with Gasteiger partial charge in [-0.05, 0) is 25.5 Å². The lowest BCUT2D eigenvalue weighted by molar-refractivity contribution is -0.0228. The highest BCUT2D eigenvalue weighted by Crippen LogP contribution is 2.24. The fourth-order valence-electron chi connectivity index (χ4n) is 2.95. The molecule has 1 amide bonds. The molecular formula is C18H22N2O2. The summed E-state index contributed by atoms with van der Waals surface area (Å²) in [5.74, 6) is 0.102. The van der Waals surface area contributed by atoms with Gasteiger partial charge >= 0.3 is 0 Å². The maximum atomic E-state index is 12.8. The average Bonchev–Trinajstić information content (AvgIpc) is 2.82. The first-order valence-corrected chi connectivity index (χ1v) is 7.66. The number of carbonyl (C=O) groups excluding carboxylic acids is 1. The Morgan fingerprint density at radius 1 is 1.23 bits per heavy atom. The molecule has 2 aromatic rings. The van der Waals surface area contributed by atoms with Crippen molar-refractivity contribution in [3.8, 4) is 0 Å². The molecule has 1 aliphatic heterocycles. The van der Waals surface area contributed by atoms with Gasteiger partial charge in [-0.3, -0.25) is 4.79 Å². The number of amides is 1. The van der Waals surface area contributed by atoms with Crippen LogP contribution < -0.4 is 0 Å². The van der Waals surface area contributed by atoms with E-state index >= 15 is 0 Å². The lowest BCUT2D eigenvalue weighted by Gasteiger charge is -2.33. The van der Waals surface area contributed by atoms with Gasteiger partial charge < -0.3 is 14.2 Å². The van der Waals surface area contributed by atoms with Crippen LogP contribution in [0.15, 0.2) is 36.4 Å². The fraction of sp³-hybridized carbons (Fsp3) is 0.389. The van der Waals surface area contributed by atoms with Crippen LogP contribution in [0.4, 0.5) is 0 Å². The minimum atomic E-state index is -0.0379. The van der Waals surface area contributed by atoms with Gasteiger partial charge in [0.15, 0.2) is 0 Å². The maximum Gasteiger partial charge on any atom is 0.255 e. The van der Waals surface area contributed by atoms with E-state index in [2.05, 4.69) is 16.7 Å². The van der Waals surface area contributed by atoms with E-state index in [1.54, 1.807) is 0 Å². The quantitative estimate of drug-likeness (QED) is 0.854. The Kier molecular flexibility index (Phi) is 4.03. The van der Waals surface area contributed by atoms with Crippen LogP contribution in [0.2, 0.25) is 0 Å². The van der Waals surface area contributed by atoms with E-state index in [-0.39, 0.29) is 12.0 Å². The molecule has 0 N–H and O–H groups in total. The Morgan fingerprint density at radius 2 is 1.95 bits per heavy atom. The van der Waals surface area contributed by atoms with E-state index < -0.39 is 0 Å². The van der Waals surface area contributed by atoms with Crippen LogP contribution in [0.3, 0.4) is 0 Å². The minimum Gasteiger partial charge on any atom is -0.370 e. The first-order valence-electron chi connectivity index (χ1n) is 7.66. The molecule has 0 bridgehead atoms. The predicted octanol–water partition coefficient (Wildman–Crippen LogP) is 2.86. The van der Waals surface area contributed by atoms with Crippen molar-refractivity contribution < 1.29 is 9.53 Å². The molecule has 2 heterocycles. The molecule has 3 rings (SSSR count). The molecule has 0 saturated carbocycles. The second-order valence-corrected chi connectivity index (χ2v) is 5.87. The Labute approximate surface area is 131 Å². The summed E-state index contributed by atoms with van der Waals surface area (Å²) in [6.45, 7) is 5.85. The second-order valence-electron chi connectivity index (χ2n) is 5.87. The zero-order valence-electron chi connectivity index (χ0n) is 13.4. The highest BCUT2D eigenvalue weighted by Gasteiger charge is 2.27. The van der Waals surface area contributed by atoms with Gasteiger partial charge in [-0.15, -0.1) is 0 Å². The normalized spacial score (nSPS) is 18.5. The van der Waals surface area contributed by atoms with E-state index in [9.17, 15) is 4.79 Å². The van der Waals surface area contributed by atoms with Gasteiger partial charge in [-0.2, -0.15) is 0 Å². The van der Waals surface area contributed by atoms with E-state index in [1.807, 2.05) is 50.1 Å². The first-order chi connectivity index (χ1) is 10.6. The number of aryl methyl sites for hydroxylation is 1. The summed E-state index contributed by atoms with van der Waals surface area (Å²) in [6.07, 6.45) is -0.0379. The molecule has 0 radical (unpaired) electrons. The van der Waals surface area contributed by atoms with Crippen LogP contribution in [-0.4, -0.2) is 35.1 Å². The zero-order chi connectivity index (χ0) is 15.7. The molecule has 1 fully saturated rings. The third kappa shape index (κ3) is 2.66. The van der Waals surface area contributed by atoms with Crippen LogP contribution >= 0.6 is 0 Å². The fourth-order valence-corrected chi connectivity index (χ4v) is 2.95. The van der Waals surface area contributed by atoms with Crippen molar-refractivity contribution in [2.45, 2.75) is 20.0 Å². The lowest BCUT2D eigenvalue weighted by Crippen LogP contribution is -2.42. The topological polar surface area (TPSA) is 34.5 Å². The number of hydrogen-bond acceptors (Lipinski definition) is 2. The van der Waals surface area contributed by atoms with E-state index in [4.69, 9.17) is 4.74 Å². The van der Waals surface area contributed by atoms with Crippen molar-refractivity contribution in [3.63, 3.8) is 0 Å². The summed E-state index contributed by atoms with van der Waals surface area (Å²) in [5.41, 5.74) is 4.05. The highest BCUT2D eigenvalue weighted by atomic mass is 16.5. The third-order valence-corrected chi connectivity index (χ3v) is 4.53. The smallest absolute Gasteiger partial charge is 0.255 e. The zero-order valence-corrected chi connectivity index (χ0v) is 13.4. The van der Waals surface area contributed by atoms with Gasteiger partial charge in [0.1, 0.15) is 6.10 Å². The Balaban J connectivity index is 1.80. The van der Waals surface area contributed by atoms with Crippen LogP contribution in [0.25, 0.3) is 0 Å². The summed E-state index contributed by atoms with van der Waals surface area (Å²) in [4.78, 5) is 14.7. The van der Waals surface area contributed by atoms with Crippen molar-refractivity contribution in [3.05, 3.63) is 58.9 Å². The van der Waals surface area contributed by atoms with Crippen LogP contribution in [0.5, 0.6) is 0 Å². The third-order valence-electron chi connectivity index (χ3n) is 4.53. The predicted molar refractivity (Wildman–Crippen MR) is 85.9 cm³/mol. The van der Waals surface area contributed by atoms with Crippen molar-refractivity contribution in [2.75, 3.05) is 19.7 Å². The number of ether oxygens (including phenoxy) is 1. The highest BCUT2D eigenvalue weighted by molar-refractivity contribution is 5.95. The lowest BCUT2D eigenvalue weighted by atomic mass is 10.1. The number of nitrogens with zero attached hydrogens (tertiary/aromatic N) is 2. The van der Waals surface area contributed by atoms with Crippen molar-refractivity contribution >= 4 is 5.91 Å². The molecule has 0 aliphatic carbocycles. The van der Waals surface area contributed by atoms with Gasteiger partial charge in [0.2, 0.25) is 0 Å². The van der Waals surface area contributed by atoms with Crippen LogP contribution in [-0.2, 0) is 11.8 Å². The number of aromatic nitrogens is 1. The molecule has 4 nitrogen and oxygen atoms in total. The molecule has 22 heavy (non-hydrogen) atoms. The Hall–Kier alpha value is -2.07. The Morgan fingerprint density at radius 3 is 2.59 bits per heavy atom. The van der Waals surface area contributed by atoms with Crippen LogP contribution in [0, 0.1) is 13.8 Å². The summed E-state index contributed by atoms with van der Waals surface area (Å²) in [5, 5.41) is 0. The van der Waals surface area contributed by atoms with E-state index in [1.165, 1.54) is 0 Å². The van der Waals surface area contributed by atoms with Crippen molar-refractivity contribution in [2.24, 2.45) is 7.05 Å². The first kappa shape index (κ1) is 14.9. The largest absolute Gasteiger partial charge is 0.370 e. The molecule has 4 heteroatoms. The summed E-state index contributed by atoms with van der Waals surface area (Å²) < 4.78 is 7.90. The number of rotatable bonds is 2. The monoisotopic (exact) mass is 298 g/mol. The molecular weight excluding hydrogens is 276 g/mol. The molecule has 1 saturated heterocycles. The number of hydrogen-bond donors (Lipinski definition) is 0. The van der Waals surface area contributed by atoms with Crippen molar-refractivity contribution in [1.82, 2.24) is 9.47 Å². The average molecular weight is 298 g/mol. The Bertz CT molecular complexity index is 676. The van der Waals surface area contributed by atoms with Crippen LogP contribution in [0.1, 0.15) is 33.4 Å². The van der Waals surface area contributed by atoms with Crippen molar-refractivity contribution in [1.29, 1.82) is 0 Å². The molecule has 1 aromatic heterocycles. The van der Waals surface area contributed by atoms with Gasteiger partial charge in [-0.1, -0.05) is 30.3 Å². The van der Waals surface area contributed by atoms with E-state index in [0.717, 1.165) is 22.5 Å². The number of benzene rings is 1. The van der Waals surface area contributed by atoms with E-state index in [0.29, 0.717) is 19.7 Å². The van der Waals surface area contributed by atoms with Gasteiger partial charge in [-0.25, -0.2) is 0 Å². The molecule has 1 aromatic carbocycles. The van der Waals surface area contributed by atoms with Gasteiger partial charge in [0.05, 0.1) is 18.7 Å². The summed E-state index contributed by atoms with van der Waals surface area (Å²) in [7, 11) is 1.99.